The van der Waals surface area contributed by atoms with Gasteiger partial charge in [0.25, 0.3) is 0 Å². The summed E-state index contributed by atoms with van der Waals surface area (Å²) in [6.07, 6.45) is 0.198. The molecule has 19 heavy (non-hydrogen) atoms. The summed E-state index contributed by atoms with van der Waals surface area (Å²) < 4.78 is 11.1. The molecule has 0 atom stereocenters. The zero-order chi connectivity index (χ0) is 14.6. The average Bonchev–Trinajstić information content (AvgIpc) is 2.27. The van der Waals surface area contributed by atoms with E-state index in [2.05, 4.69) is 9.97 Å². The molecule has 1 heterocycles. The molecular formula is C14H23ClN2O2. The molecular weight excluding hydrogens is 264 g/mol. The van der Waals surface area contributed by atoms with Crippen molar-refractivity contribution in [1.82, 2.24) is 9.97 Å². The largest absolute Gasteiger partial charge is 0.475 e. The van der Waals surface area contributed by atoms with Crippen molar-refractivity contribution in [2.75, 3.05) is 13.2 Å². The van der Waals surface area contributed by atoms with Gasteiger partial charge in [-0.1, -0.05) is 32.4 Å². The number of halogens is 1. The van der Waals surface area contributed by atoms with Gasteiger partial charge in [0.15, 0.2) is 0 Å². The van der Waals surface area contributed by atoms with Crippen LogP contribution >= 0.6 is 11.6 Å². The van der Waals surface area contributed by atoms with Gasteiger partial charge in [0.1, 0.15) is 17.6 Å². The first kappa shape index (κ1) is 16.2. The molecule has 0 aliphatic carbocycles. The van der Waals surface area contributed by atoms with Crippen molar-refractivity contribution >= 4 is 11.6 Å². The number of hydrogen-bond donors (Lipinski definition) is 0. The van der Waals surface area contributed by atoms with Gasteiger partial charge in [-0.05, 0) is 20.8 Å². The Balaban J connectivity index is 2.79. The highest BCUT2D eigenvalue weighted by Gasteiger charge is 2.21. The Morgan fingerprint density at radius 3 is 2.32 bits per heavy atom. The smallest absolute Gasteiger partial charge is 0.221 e. The zero-order valence-corrected chi connectivity index (χ0v) is 13.3. The van der Waals surface area contributed by atoms with E-state index in [0.29, 0.717) is 30.1 Å². The van der Waals surface area contributed by atoms with Gasteiger partial charge in [-0.2, -0.15) is 4.98 Å². The fourth-order valence-electron chi connectivity index (χ4n) is 1.37. The average molecular weight is 287 g/mol. The van der Waals surface area contributed by atoms with Gasteiger partial charge in [-0.25, -0.2) is 4.98 Å². The lowest BCUT2D eigenvalue weighted by Crippen LogP contribution is -2.18. The number of rotatable bonds is 5. The van der Waals surface area contributed by atoms with Crippen LogP contribution in [0, 0.1) is 6.92 Å². The molecule has 0 N–H and O–H groups in total. The highest BCUT2D eigenvalue weighted by Crippen LogP contribution is 2.27. The maximum atomic E-state index is 6.13. The monoisotopic (exact) mass is 286 g/mol. The second-order valence-corrected chi connectivity index (χ2v) is 6.14. The second-order valence-electron chi connectivity index (χ2n) is 5.79. The summed E-state index contributed by atoms with van der Waals surface area (Å²) in [6.45, 7) is 12.9. The third-order valence-electron chi connectivity index (χ3n) is 2.49. The molecule has 0 saturated heterocycles. The lowest BCUT2D eigenvalue weighted by atomic mass is 9.96. The molecule has 108 valence electrons. The van der Waals surface area contributed by atoms with Crippen molar-refractivity contribution in [2.45, 2.75) is 53.1 Å². The summed E-state index contributed by atoms with van der Waals surface area (Å²) >= 11 is 6.13. The van der Waals surface area contributed by atoms with Crippen LogP contribution in [-0.2, 0) is 10.2 Å². The van der Waals surface area contributed by atoms with Crippen LogP contribution in [0.4, 0.5) is 0 Å². The van der Waals surface area contributed by atoms with E-state index >= 15 is 0 Å². The quantitative estimate of drug-likeness (QED) is 0.613. The Labute approximate surface area is 120 Å². The van der Waals surface area contributed by atoms with Crippen molar-refractivity contribution in [1.29, 1.82) is 0 Å². The van der Waals surface area contributed by atoms with Gasteiger partial charge in [0.05, 0.1) is 12.7 Å². The molecule has 4 nitrogen and oxygen atoms in total. The minimum atomic E-state index is -0.163. The summed E-state index contributed by atoms with van der Waals surface area (Å²) in [6, 6.07) is 0. The van der Waals surface area contributed by atoms with Crippen molar-refractivity contribution in [3.63, 3.8) is 0 Å². The predicted molar refractivity (Wildman–Crippen MR) is 77.1 cm³/mol. The molecule has 0 aliphatic heterocycles. The topological polar surface area (TPSA) is 44.2 Å². The highest BCUT2D eigenvalue weighted by molar-refractivity contribution is 6.30. The minimum Gasteiger partial charge on any atom is -0.475 e. The van der Waals surface area contributed by atoms with Crippen molar-refractivity contribution < 1.29 is 9.47 Å². The van der Waals surface area contributed by atoms with Crippen LogP contribution in [-0.4, -0.2) is 29.3 Å². The Morgan fingerprint density at radius 2 is 1.79 bits per heavy atom. The summed E-state index contributed by atoms with van der Waals surface area (Å²) in [4.78, 5) is 8.75. The standard InChI is InChI=1S/C14H23ClN2O2/c1-9(2)18-7-8-19-12-10(3)11(15)16-13(17-12)14(4,5)6/h9H,7-8H2,1-6H3. The molecule has 0 amide bonds. The molecule has 0 aliphatic rings. The molecule has 0 unspecified atom stereocenters. The van der Waals surface area contributed by atoms with E-state index in [1.54, 1.807) is 0 Å². The molecule has 0 spiro atoms. The third-order valence-corrected chi connectivity index (χ3v) is 2.85. The minimum absolute atomic E-state index is 0.163. The Bertz CT molecular complexity index is 428. The lowest BCUT2D eigenvalue weighted by molar-refractivity contribution is 0.0539. The fraction of sp³-hybridized carbons (Fsp3) is 0.714. The van der Waals surface area contributed by atoms with E-state index in [-0.39, 0.29) is 11.5 Å². The van der Waals surface area contributed by atoms with Gasteiger partial charge in [-0.15, -0.1) is 0 Å². The molecule has 0 aromatic carbocycles. The highest BCUT2D eigenvalue weighted by atomic mass is 35.5. The summed E-state index contributed by atoms with van der Waals surface area (Å²) in [5, 5.41) is 0.444. The van der Waals surface area contributed by atoms with E-state index in [4.69, 9.17) is 21.1 Å². The number of ether oxygens (including phenoxy) is 2. The molecule has 0 radical (unpaired) electrons. The number of aromatic nitrogens is 2. The van der Waals surface area contributed by atoms with Gasteiger partial charge in [0, 0.05) is 11.0 Å². The van der Waals surface area contributed by atoms with Crippen molar-refractivity contribution in [2.24, 2.45) is 0 Å². The molecule has 0 fully saturated rings. The van der Waals surface area contributed by atoms with Crippen LogP contribution in [0.3, 0.4) is 0 Å². The number of nitrogens with zero attached hydrogens (tertiary/aromatic N) is 2. The molecule has 1 rings (SSSR count). The molecule has 1 aromatic rings. The first-order chi connectivity index (χ1) is 8.71. The van der Waals surface area contributed by atoms with E-state index in [1.807, 2.05) is 41.5 Å². The Kier molecular flexibility index (Phi) is 5.56. The van der Waals surface area contributed by atoms with Crippen LogP contribution < -0.4 is 4.74 Å². The van der Waals surface area contributed by atoms with E-state index < -0.39 is 0 Å². The lowest BCUT2D eigenvalue weighted by Gasteiger charge is -2.19. The SMILES string of the molecule is Cc1c(Cl)nc(C(C)(C)C)nc1OCCOC(C)C. The van der Waals surface area contributed by atoms with Crippen LogP contribution in [0.1, 0.15) is 46.0 Å². The number of hydrogen-bond acceptors (Lipinski definition) is 4. The normalized spacial score (nSPS) is 12.0. The molecule has 1 aromatic heterocycles. The molecule has 0 saturated carbocycles. The van der Waals surface area contributed by atoms with Crippen LogP contribution in [0.2, 0.25) is 5.15 Å². The van der Waals surface area contributed by atoms with Crippen molar-refractivity contribution in [3.8, 4) is 5.88 Å². The van der Waals surface area contributed by atoms with E-state index in [9.17, 15) is 0 Å². The Hall–Kier alpha value is -0.870. The third kappa shape index (κ3) is 4.96. The predicted octanol–water partition coefficient (Wildman–Crippen LogP) is 3.54. The van der Waals surface area contributed by atoms with E-state index in [1.165, 1.54) is 0 Å². The van der Waals surface area contributed by atoms with E-state index in [0.717, 1.165) is 5.56 Å². The second kappa shape index (κ2) is 6.53. The van der Waals surface area contributed by atoms with Crippen LogP contribution in [0.5, 0.6) is 5.88 Å². The maximum Gasteiger partial charge on any atom is 0.221 e. The van der Waals surface area contributed by atoms with Gasteiger partial charge in [-0.3, -0.25) is 0 Å². The summed E-state index contributed by atoms with van der Waals surface area (Å²) in [7, 11) is 0. The first-order valence-corrected chi connectivity index (χ1v) is 6.88. The first-order valence-electron chi connectivity index (χ1n) is 6.51. The fourth-order valence-corrected chi connectivity index (χ4v) is 1.53. The van der Waals surface area contributed by atoms with Crippen molar-refractivity contribution in [3.05, 3.63) is 16.5 Å². The Morgan fingerprint density at radius 1 is 1.16 bits per heavy atom. The van der Waals surface area contributed by atoms with Gasteiger partial charge < -0.3 is 9.47 Å². The zero-order valence-electron chi connectivity index (χ0n) is 12.6. The van der Waals surface area contributed by atoms with Crippen LogP contribution in [0.15, 0.2) is 0 Å². The maximum absolute atomic E-state index is 6.13. The molecule has 0 bridgehead atoms. The molecule has 5 heteroatoms. The van der Waals surface area contributed by atoms with Gasteiger partial charge in [0.2, 0.25) is 5.88 Å². The summed E-state index contributed by atoms with van der Waals surface area (Å²) in [5.41, 5.74) is 0.600. The van der Waals surface area contributed by atoms with Crippen LogP contribution in [0.25, 0.3) is 0 Å². The van der Waals surface area contributed by atoms with Gasteiger partial charge >= 0.3 is 0 Å². The summed E-state index contributed by atoms with van der Waals surface area (Å²) in [5.74, 6) is 1.22.